The summed E-state index contributed by atoms with van der Waals surface area (Å²) < 4.78 is 5.35. The molecule has 160 valence electrons. The number of aliphatic hydroxyl groups excluding tert-OH is 1. The summed E-state index contributed by atoms with van der Waals surface area (Å²) in [6.45, 7) is 1.21. The SMILES string of the molecule is CSc1ccc(Cc2cc3c(c4ccccc24)NCN([C@H]2CCOC[C@@H]2O)C3=O)cn1. The number of nitrogens with one attached hydrogen (secondary N) is 1. The average molecular weight is 436 g/mol. The number of carbonyl (C=O) groups is 1. The molecule has 3 aromatic rings. The van der Waals surface area contributed by atoms with E-state index in [1.807, 2.05) is 36.7 Å². The van der Waals surface area contributed by atoms with Crippen LogP contribution >= 0.6 is 11.8 Å². The van der Waals surface area contributed by atoms with Gasteiger partial charge in [0.05, 0.1) is 41.7 Å². The summed E-state index contributed by atoms with van der Waals surface area (Å²) >= 11 is 1.62. The monoisotopic (exact) mass is 435 g/mol. The van der Waals surface area contributed by atoms with Gasteiger partial charge < -0.3 is 20.1 Å². The van der Waals surface area contributed by atoms with E-state index < -0.39 is 6.10 Å². The largest absolute Gasteiger partial charge is 0.389 e. The number of aromatic nitrogens is 1. The maximum atomic E-state index is 13.5. The van der Waals surface area contributed by atoms with Crippen LogP contribution in [0.2, 0.25) is 0 Å². The lowest BCUT2D eigenvalue weighted by molar-refractivity contribution is -0.0563. The Morgan fingerprint density at radius 1 is 1.26 bits per heavy atom. The standard InChI is InChI=1S/C24H25N3O3S/c1-31-22-7-6-15(12-25-22)10-16-11-19-23(18-5-3-2-4-17(16)18)26-14-27(24(19)29)20-8-9-30-13-21(20)28/h2-7,11-12,20-21,26,28H,8-10,13-14H2,1H3/t20-,21-/m0/s1. The van der Waals surface area contributed by atoms with Crippen molar-refractivity contribution in [3.8, 4) is 0 Å². The van der Waals surface area contributed by atoms with Crippen molar-refractivity contribution < 1.29 is 14.6 Å². The van der Waals surface area contributed by atoms with Gasteiger partial charge in [0.2, 0.25) is 0 Å². The van der Waals surface area contributed by atoms with Crippen molar-refractivity contribution in [2.45, 2.75) is 30.0 Å². The minimum atomic E-state index is -0.665. The van der Waals surface area contributed by atoms with Crippen molar-refractivity contribution in [1.29, 1.82) is 0 Å². The zero-order valence-corrected chi connectivity index (χ0v) is 18.2. The molecule has 2 aliphatic heterocycles. The fourth-order valence-electron chi connectivity index (χ4n) is 4.55. The number of thioether (sulfide) groups is 1. The van der Waals surface area contributed by atoms with Crippen molar-refractivity contribution in [2.24, 2.45) is 0 Å². The van der Waals surface area contributed by atoms with E-state index in [0.717, 1.165) is 32.6 Å². The van der Waals surface area contributed by atoms with Crippen LogP contribution < -0.4 is 5.32 Å². The number of carbonyl (C=O) groups excluding carboxylic acids is 1. The number of hydrogen-bond acceptors (Lipinski definition) is 6. The molecule has 1 saturated heterocycles. The van der Waals surface area contributed by atoms with Crippen LogP contribution in [-0.2, 0) is 11.2 Å². The quantitative estimate of drug-likeness (QED) is 0.611. The number of benzene rings is 2. The highest BCUT2D eigenvalue weighted by Gasteiger charge is 2.36. The maximum absolute atomic E-state index is 13.5. The third-order valence-corrected chi connectivity index (χ3v) is 6.80. The molecular weight excluding hydrogens is 410 g/mol. The van der Waals surface area contributed by atoms with E-state index in [4.69, 9.17) is 4.74 Å². The maximum Gasteiger partial charge on any atom is 0.257 e. The van der Waals surface area contributed by atoms with Gasteiger partial charge in [-0.3, -0.25) is 4.79 Å². The molecule has 6 nitrogen and oxygen atoms in total. The molecule has 7 heteroatoms. The van der Waals surface area contributed by atoms with Gasteiger partial charge in [-0.15, -0.1) is 11.8 Å². The van der Waals surface area contributed by atoms with Gasteiger partial charge in [-0.25, -0.2) is 4.98 Å². The highest BCUT2D eigenvalue weighted by Crippen LogP contribution is 2.36. The van der Waals surface area contributed by atoms with E-state index in [1.54, 1.807) is 16.7 Å². The second kappa shape index (κ2) is 8.49. The summed E-state index contributed by atoms with van der Waals surface area (Å²) in [6.07, 6.45) is 4.59. The molecule has 0 bridgehead atoms. The van der Waals surface area contributed by atoms with Gasteiger partial charge in [0.1, 0.15) is 0 Å². The number of anilines is 1. The van der Waals surface area contributed by atoms with Crippen molar-refractivity contribution in [3.05, 3.63) is 65.4 Å². The second-order valence-corrected chi connectivity index (χ2v) is 8.82. The first-order valence-corrected chi connectivity index (χ1v) is 11.7. The Hall–Kier alpha value is -2.61. The van der Waals surface area contributed by atoms with Crippen LogP contribution in [0, 0.1) is 0 Å². The van der Waals surface area contributed by atoms with Gasteiger partial charge >= 0.3 is 0 Å². The molecule has 0 unspecified atom stereocenters. The number of hydrogen-bond donors (Lipinski definition) is 2. The average Bonchev–Trinajstić information content (AvgIpc) is 2.81. The Morgan fingerprint density at radius 2 is 2.10 bits per heavy atom. The van der Waals surface area contributed by atoms with Crippen molar-refractivity contribution in [3.63, 3.8) is 0 Å². The number of ether oxygens (including phenoxy) is 1. The Labute approximate surface area is 185 Å². The van der Waals surface area contributed by atoms with Gasteiger partial charge in [0, 0.05) is 18.2 Å². The number of pyridine rings is 1. The zero-order valence-electron chi connectivity index (χ0n) is 17.4. The smallest absolute Gasteiger partial charge is 0.257 e. The first-order valence-electron chi connectivity index (χ1n) is 10.5. The molecule has 0 radical (unpaired) electrons. The molecule has 2 atom stereocenters. The number of rotatable bonds is 4. The minimum Gasteiger partial charge on any atom is -0.389 e. The predicted octanol–water partition coefficient (Wildman–Crippen LogP) is 3.52. The molecule has 31 heavy (non-hydrogen) atoms. The molecule has 5 rings (SSSR count). The third kappa shape index (κ3) is 3.78. The normalized spacial score (nSPS) is 21.1. The molecule has 1 amide bonds. The van der Waals surface area contributed by atoms with Crippen LogP contribution in [0.25, 0.3) is 10.8 Å². The number of amides is 1. The van der Waals surface area contributed by atoms with E-state index in [2.05, 4.69) is 28.5 Å². The van der Waals surface area contributed by atoms with Crippen LogP contribution in [0.4, 0.5) is 5.69 Å². The summed E-state index contributed by atoms with van der Waals surface area (Å²) in [5, 5.41) is 17.0. The van der Waals surface area contributed by atoms with Gasteiger partial charge in [-0.2, -0.15) is 0 Å². The molecule has 2 aromatic carbocycles. The lowest BCUT2D eigenvalue weighted by atomic mass is 9.92. The Kier molecular flexibility index (Phi) is 5.56. The fourth-order valence-corrected chi connectivity index (χ4v) is 4.91. The molecule has 0 saturated carbocycles. The number of nitrogens with zero attached hydrogens (tertiary/aromatic N) is 2. The van der Waals surface area contributed by atoms with Gasteiger partial charge in [-0.1, -0.05) is 30.3 Å². The summed E-state index contributed by atoms with van der Waals surface area (Å²) in [5.41, 5.74) is 3.73. The van der Waals surface area contributed by atoms with Crippen molar-refractivity contribution in [1.82, 2.24) is 9.88 Å². The lowest BCUT2D eigenvalue weighted by Crippen LogP contribution is -2.54. The van der Waals surface area contributed by atoms with E-state index in [-0.39, 0.29) is 18.6 Å². The summed E-state index contributed by atoms with van der Waals surface area (Å²) in [4.78, 5) is 19.8. The third-order valence-electron chi connectivity index (χ3n) is 6.14. The predicted molar refractivity (Wildman–Crippen MR) is 123 cm³/mol. The van der Waals surface area contributed by atoms with Gasteiger partial charge in [0.15, 0.2) is 0 Å². The molecule has 1 aromatic heterocycles. The molecule has 2 aliphatic rings. The fraction of sp³-hybridized carbons (Fsp3) is 0.333. The van der Waals surface area contributed by atoms with Crippen LogP contribution in [0.1, 0.15) is 27.9 Å². The van der Waals surface area contributed by atoms with Crippen LogP contribution in [0.5, 0.6) is 0 Å². The molecule has 0 spiro atoms. The number of fused-ring (bicyclic) bond motifs is 3. The van der Waals surface area contributed by atoms with Crippen LogP contribution in [0.15, 0.2) is 53.7 Å². The zero-order chi connectivity index (χ0) is 21.4. The van der Waals surface area contributed by atoms with E-state index in [0.29, 0.717) is 31.7 Å². The highest BCUT2D eigenvalue weighted by atomic mass is 32.2. The van der Waals surface area contributed by atoms with Crippen molar-refractivity contribution in [2.75, 3.05) is 31.5 Å². The first kappa shape index (κ1) is 20.3. The Morgan fingerprint density at radius 3 is 2.84 bits per heavy atom. The molecule has 3 heterocycles. The molecule has 0 aliphatic carbocycles. The van der Waals surface area contributed by atoms with Gasteiger partial charge in [-0.05, 0) is 47.7 Å². The van der Waals surface area contributed by atoms with Crippen molar-refractivity contribution >= 4 is 34.1 Å². The van der Waals surface area contributed by atoms with E-state index >= 15 is 0 Å². The van der Waals surface area contributed by atoms with E-state index in [9.17, 15) is 9.90 Å². The molecule has 1 fully saturated rings. The highest BCUT2D eigenvalue weighted by molar-refractivity contribution is 7.98. The Balaban J connectivity index is 1.55. The van der Waals surface area contributed by atoms with Crippen LogP contribution in [0.3, 0.4) is 0 Å². The first-order chi connectivity index (χ1) is 15.2. The molecule has 2 N–H and O–H groups in total. The molecular formula is C24H25N3O3S. The Bertz CT molecular complexity index is 1120. The van der Waals surface area contributed by atoms with Gasteiger partial charge in [0.25, 0.3) is 5.91 Å². The lowest BCUT2D eigenvalue weighted by Gasteiger charge is -2.40. The summed E-state index contributed by atoms with van der Waals surface area (Å²) in [6, 6.07) is 14.1. The van der Waals surface area contributed by atoms with E-state index in [1.165, 1.54) is 0 Å². The summed E-state index contributed by atoms with van der Waals surface area (Å²) in [5.74, 6) is -0.0393. The second-order valence-electron chi connectivity index (χ2n) is 8.00. The number of aliphatic hydroxyl groups is 1. The topological polar surface area (TPSA) is 74.7 Å². The summed E-state index contributed by atoms with van der Waals surface area (Å²) in [7, 11) is 0. The minimum absolute atomic E-state index is 0.0393. The van der Waals surface area contributed by atoms with Crippen LogP contribution in [-0.4, -0.2) is 59.2 Å².